The van der Waals surface area contributed by atoms with Crippen molar-refractivity contribution in [3.05, 3.63) is 58.7 Å². The van der Waals surface area contributed by atoms with E-state index in [-0.39, 0.29) is 5.91 Å². The average Bonchev–Trinajstić information content (AvgIpc) is 2.45. The third-order valence-electron chi connectivity index (χ3n) is 2.58. The number of halogens is 1. The second-order valence-electron chi connectivity index (χ2n) is 3.97. The molecule has 2 N–H and O–H groups in total. The number of nitrogens with one attached hydrogen (secondary N) is 2. The summed E-state index contributed by atoms with van der Waals surface area (Å²) in [7, 11) is 1.76. The monoisotopic (exact) mass is 275 g/mol. The zero-order valence-electron chi connectivity index (χ0n) is 10.5. The van der Waals surface area contributed by atoms with Gasteiger partial charge in [-0.1, -0.05) is 29.8 Å². The van der Waals surface area contributed by atoms with Crippen LogP contribution in [-0.4, -0.2) is 17.9 Å². The minimum absolute atomic E-state index is 0.211. The van der Waals surface area contributed by atoms with Crippen LogP contribution in [0.1, 0.15) is 16.1 Å². The van der Waals surface area contributed by atoms with Crippen LogP contribution < -0.4 is 10.6 Å². The largest absolute Gasteiger partial charge is 0.373 e. The van der Waals surface area contributed by atoms with Gasteiger partial charge in [-0.05, 0) is 29.8 Å². The van der Waals surface area contributed by atoms with Crippen molar-refractivity contribution in [1.29, 1.82) is 0 Å². The molecule has 0 unspecified atom stereocenters. The number of rotatable bonds is 4. The Morgan fingerprint density at radius 3 is 2.79 bits per heavy atom. The number of nitrogens with zero attached hydrogens (tertiary/aromatic N) is 1. The molecule has 1 aromatic heterocycles. The van der Waals surface area contributed by atoms with Crippen molar-refractivity contribution >= 4 is 23.3 Å². The molecule has 2 rings (SSSR count). The topological polar surface area (TPSA) is 54.0 Å². The molecule has 1 heterocycles. The van der Waals surface area contributed by atoms with E-state index in [0.29, 0.717) is 23.1 Å². The average molecular weight is 276 g/mol. The highest BCUT2D eigenvalue weighted by Gasteiger charge is 2.07. The lowest BCUT2D eigenvalue weighted by atomic mass is 10.2. The van der Waals surface area contributed by atoms with Crippen molar-refractivity contribution in [2.24, 2.45) is 0 Å². The lowest BCUT2D eigenvalue weighted by Crippen LogP contribution is -2.23. The smallest absolute Gasteiger partial charge is 0.270 e. The molecule has 0 aliphatic rings. The van der Waals surface area contributed by atoms with Crippen LogP contribution in [0.3, 0.4) is 0 Å². The molecular formula is C14H14ClN3O. The molecule has 5 heteroatoms. The Balaban J connectivity index is 2.01. The maximum atomic E-state index is 11.9. The number of hydrogen-bond donors (Lipinski definition) is 2. The van der Waals surface area contributed by atoms with Gasteiger partial charge in [-0.25, -0.2) is 4.98 Å². The molecule has 0 aliphatic carbocycles. The lowest BCUT2D eigenvalue weighted by Gasteiger charge is -2.06. The molecular weight excluding hydrogens is 262 g/mol. The van der Waals surface area contributed by atoms with Crippen LogP contribution in [-0.2, 0) is 6.54 Å². The summed E-state index contributed by atoms with van der Waals surface area (Å²) in [4.78, 5) is 16.1. The number of carbonyl (C=O) groups excluding carboxylic acids is 1. The number of aromatic nitrogens is 1. The van der Waals surface area contributed by atoms with Crippen molar-refractivity contribution in [1.82, 2.24) is 10.3 Å². The van der Waals surface area contributed by atoms with Crippen LogP contribution in [0.25, 0.3) is 0 Å². The maximum Gasteiger partial charge on any atom is 0.270 e. The molecule has 0 saturated heterocycles. The zero-order valence-corrected chi connectivity index (χ0v) is 11.2. The van der Waals surface area contributed by atoms with E-state index in [4.69, 9.17) is 11.6 Å². The van der Waals surface area contributed by atoms with Gasteiger partial charge in [0.15, 0.2) is 0 Å². The van der Waals surface area contributed by atoms with Crippen molar-refractivity contribution in [2.45, 2.75) is 6.54 Å². The first-order valence-electron chi connectivity index (χ1n) is 5.86. The van der Waals surface area contributed by atoms with Crippen molar-refractivity contribution in [2.75, 3.05) is 12.4 Å². The Kier molecular flexibility index (Phi) is 4.36. The van der Waals surface area contributed by atoms with Crippen molar-refractivity contribution in [3.8, 4) is 0 Å². The Bertz CT molecular complexity index is 586. The van der Waals surface area contributed by atoms with Crippen LogP contribution in [0, 0.1) is 0 Å². The van der Waals surface area contributed by atoms with E-state index in [1.807, 2.05) is 18.2 Å². The summed E-state index contributed by atoms with van der Waals surface area (Å²) < 4.78 is 0. The third-order valence-corrected chi connectivity index (χ3v) is 2.82. The van der Waals surface area contributed by atoms with Gasteiger partial charge < -0.3 is 10.6 Å². The molecule has 0 radical (unpaired) electrons. The van der Waals surface area contributed by atoms with Crippen LogP contribution in [0.15, 0.2) is 42.5 Å². The first-order valence-corrected chi connectivity index (χ1v) is 6.24. The molecule has 0 aliphatic heterocycles. The fraction of sp³-hybridized carbons (Fsp3) is 0.143. The van der Waals surface area contributed by atoms with Gasteiger partial charge in [-0.2, -0.15) is 0 Å². The molecule has 98 valence electrons. The summed E-state index contributed by atoms with van der Waals surface area (Å²) in [5.41, 5.74) is 1.33. The second kappa shape index (κ2) is 6.20. The molecule has 19 heavy (non-hydrogen) atoms. The normalized spacial score (nSPS) is 10.0. The van der Waals surface area contributed by atoms with Gasteiger partial charge in [-0.3, -0.25) is 4.79 Å². The van der Waals surface area contributed by atoms with E-state index >= 15 is 0 Å². The number of benzene rings is 1. The molecule has 0 atom stereocenters. The van der Waals surface area contributed by atoms with E-state index in [9.17, 15) is 4.79 Å². The highest BCUT2D eigenvalue weighted by atomic mass is 35.5. The van der Waals surface area contributed by atoms with Crippen LogP contribution in [0.4, 0.5) is 5.82 Å². The van der Waals surface area contributed by atoms with E-state index in [1.165, 1.54) is 0 Å². The van der Waals surface area contributed by atoms with Gasteiger partial charge in [0.25, 0.3) is 5.91 Å². The van der Waals surface area contributed by atoms with Gasteiger partial charge in [-0.15, -0.1) is 0 Å². The molecule has 2 aromatic rings. The third kappa shape index (κ3) is 3.69. The molecule has 0 spiro atoms. The van der Waals surface area contributed by atoms with Crippen molar-refractivity contribution in [3.63, 3.8) is 0 Å². The molecule has 0 bridgehead atoms. The second-order valence-corrected chi connectivity index (χ2v) is 4.41. The summed E-state index contributed by atoms with van der Waals surface area (Å²) in [6.45, 7) is 0.421. The molecule has 1 amide bonds. The Morgan fingerprint density at radius 1 is 1.26 bits per heavy atom. The number of amides is 1. The quantitative estimate of drug-likeness (QED) is 0.902. The highest BCUT2D eigenvalue weighted by molar-refractivity contribution is 6.30. The molecule has 0 fully saturated rings. The summed E-state index contributed by atoms with van der Waals surface area (Å²) in [5, 5.41) is 6.36. The fourth-order valence-corrected chi connectivity index (χ4v) is 1.83. The van der Waals surface area contributed by atoms with Crippen LogP contribution in [0.5, 0.6) is 0 Å². The SMILES string of the molecule is CNc1cccc(C(=O)NCc2cccc(Cl)c2)n1. The van der Waals surface area contributed by atoms with E-state index in [2.05, 4.69) is 15.6 Å². The number of hydrogen-bond acceptors (Lipinski definition) is 3. The number of pyridine rings is 1. The van der Waals surface area contributed by atoms with Gasteiger partial charge in [0.05, 0.1) is 0 Å². The van der Waals surface area contributed by atoms with Crippen LogP contribution >= 0.6 is 11.6 Å². The summed E-state index contributed by atoms with van der Waals surface area (Å²) >= 11 is 5.88. The Labute approximate surface area is 116 Å². The van der Waals surface area contributed by atoms with E-state index in [0.717, 1.165) is 5.56 Å². The maximum absolute atomic E-state index is 11.9. The Morgan fingerprint density at radius 2 is 2.05 bits per heavy atom. The minimum Gasteiger partial charge on any atom is -0.373 e. The van der Waals surface area contributed by atoms with Gasteiger partial charge >= 0.3 is 0 Å². The number of carbonyl (C=O) groups is 1. The lowest BCUT2D eigenvalue weighted by molar-refractivity contribution is 0.0946. The Hall–Kier alpha value is -2.07. The van der Waals surface area contributed by atoms with Gasteiger partial charge in [0.1, 0.15) is 11.5 Å². The predicted octanol–water partition coefficient (Wildman–Crippen LogP) is 2.71. The standard InChI is InChI=1S/C14H14ClN3O/c1-16-13-7-3-6-12(18-13)14(19)17-9-10-4-2-5-11(15)8-10/h2-8H,9H2,1H3,(H,16,18)(H,17,19). The van der Waals surface area contributed by atoms with Gasteiger partial charge in [0.2, 0.25) is 0 Å². The van der Waals surface area contributed by atoms with Crippen LogP contribution in [0.2, 0.25) is 5.02 Å². The molecule has 1 aromatic carbocycles. The number of anilines is 1. The summed E-state index contributed by atoms with van der Waals surface area (Å²) in [5.74, 6) is 0.451. The first kappa shape index (κ1) is 13.4. The molecule has 0 saturated carbocycles. The van der Waals surface area contributed by atoms with E-state index in [1.54, 1.807) is 31.3 Å². The van der Waals surface area contributed by atoms with E-state index < -0.39 is 0 Å². The fourth-order valence-electron chi connectivity index (χ4n) is 1.62. The van der Waals surface area contributed by atoms with Gasteiger partial charge in [0, 0.05) is 18.6 Å². The summed E-state index contributed by atoms with van der Waals surface area (Å²) in [6, 6.07) is 12.6. The molecule has 4 nitrogen and oxygen atoms in total. The minimum atomic E-state index is -0.211. The predicted molar refractivity (Wildman–Crippen MR) is 76.4 cm³/mol. The zero-order chi connectivity index (χ0) is 13.7. The van der Waals surface area contributed by atoms with Crippen molar-refractivity contribution < 1.29 is 4.79 Å². The summed E-state index contributed by atoms with van der Waals surface area (Å²) in [6.07, 6.45) is 0. The first-order chi connectivity index (χ1) is 9.19. The highest BCUT2D eigenvalue weighted by Crippen LogP contribution is 2.10.